The van der Waals surface area contributed by atoms with Gasteiger partial charge in [0.1, 0.15) is 5.75 Å². The summed E-state index contributed by atoms with van der Waals surface area (Å²) in [6.45, 7) is 0.706. The largest absolute Gasteiger partial charge is 0.496 e. The van der Waals surface area contributed by atoms with Gasteiger partial charge in [-0.3, -0.25) is 4.79 Å². The SMILES string of the molecule is COc1ccccc1C1(CNC(=O)C2CCC(N)C2)CCCC1.Cl. The quantitative estimate of drug-likeness (QED) is 0.855. The van der Waals surface area contributed by atoms with Crippen LogP contribution in [0, 0.1) is 5.92 Å². The molecule has 0 aliphatic heterocycles. The Kier molecular flexibility index (Phi) is 6.53. The second kappa shape index (κ2) is 8.21. The first kappa shape index (κ1) is 19.1. The van der Waals surface area contributed by atoms with Gasteiger partial charge in [0.15, 0.2) is 0 Å². The van der Waals surface area contributed by atoms with E-state index in [4.69, 9.17) is 10.5 Å². The second-order valence-corrected chi connectivity index (χ2v) is 7.18. The van der Waals surface area contributed by atoms with Crippen molar-refractivity contribution >= 4 is 18.3 Å². The second-order valence-electron chi connectivity index (χ2n) is 7.18. The van der Waals surface area contributed by atoms with E-state index in [0.29, 0.717) is 6.54 Å². The minimum absolute atomic E-state index is 0. The van der Waals surface area contributed by atoms with Crippen LogP contribution < -0.4 is 15.8 Å². The fourth-order valence-electron chi connectivity index (χ4n) is 4.33. The molecule has 1 amide bonds. The highest BCUT2D eigenvalue weighted by Crippen LogP contribution is 2.44. The lowest BCUT2D eigenvalue weighted by Gasteiger charge is -2.31. The van der Waals surface area contributed by atoms with E-state index in [2.05, 4.69) is 17.4 Å². The van der Waals surface area contributed by atoms with Crippen LogP contribution >= 0.6 is 12.4 Å². The number of halogens is 1. The number of rotatable bonds is 5. The number of hydrogen-bond acceptors (Lipinski definition) is 3. The van der Waals surface area contributed by atoms with E-state index in [1.807, 2.05) is 12.1 Å². The van der Waals surface area contributed by atoms with Gasteiger partial charge in [0.2, 0.25) is 5.91 Å². The molecule has 2 atom stereocenters. The Bertz CT molecular complexity index is 558. The Morgan fingerprint density at radius 1 is 1.29 bits per heavy atom. The molecule has 1 aromatic rings. The number of methoxy groups -OCH3 is 1. The predicted octanol–water partition coefficient (Wildman–Crippen LogP) is 3.17. The number of nitrogens with two attached hydrogens (primary N) is 1. The molecule has 0 heterocycles. The molecular weight excluding hydrogens is 324 g/mol. The maximum Gasteiger partial charge on any atom is 0.223 e. The van der Waals surface area contributed by atoms with E-state index in [1.165, 1.54) is 18.4 Å². The Morgan fingerprint density at radius 2 is 2.00 bits per heavy atom. The van der Waals surface area contributed by atoms with Gasteiger partial charge in [-0.1, -0.05) is 31.0 Å². The molecule has 1 aromatic carbocycles. The van der Waals surface area contributed by atoms with Crippen LogP contribution in [-0.4, -0.2) is 25.6 Å². The molecule has 24 heavy (non-hydrogen) atoms. The zero-order valence-electron chi connectivity index (χ0n) is 14.4. The van der Waals surface area contributed by atoms with Crippen molar-refractivity contribution in [2.24, 2.45) is 11.7 Å². The van der Waals surface area contributed by atoms with E-state index in [1.54, 1.807) is 7.11 Å². The average molecular weight is 353 g/mol. The lowest BCUT2D eigenvalue weighted by molar-refractivity contribution is -0.125. The third kappa shape index (κ3) is 3.86. The fraction of sp³-hybridized carbons (Fsp3) is 0.632. The summed E-state index contributed by atoms with van der Waals surface area (Å²) < 4.78 is 5.57. The van der Waals surface area contributed by atoms with E-state index in [9.17, 15) is 4.79 Å². The van der Waals surface area contributed by atoms with Crippen molar-refractivity contribution in [3.05, 3.63) is 29.8 Å². The highest BCUT2D eigenvalue weighted by molar-refractivity contribution is 5.85. The van der Waals surface area contributed by atoms with E-state index >= 15 is 0 Å². The van der Waals surface area contributed by atoms with Crippen LogP contribution in [0.5, 0.6) is 5.75 Å². The molecule has 3 N–H and O–H groups in total. The van der Waals surface area contributed by atoms with Crippen LogP contribution in [0.4, 0.5) is 0 Å². The summed E-state index contributed by atoms with van der Waals surface area (Å²) in [6, 6.07) is 8.44. The van der Waals surface area contributed by atoms with Crippen molar-refractivity contribution in [1.29, 1.82) is 0 Å². The first-order valence-corrected chi connectivity index (χ1v) is 8.81. The zero-order chi connectivity index (χ0) is 16.3. The summed E-state index contributed by atoms with van der Waals surface area (Å²) in [7, 11) is 1.72. The van der Waals surface area contributed by atoms with Gasteiger partial charge in [0, 0.05) is 29.5 Å². The van der Waals surface area contributed by atoms with Gasteiger partial charge in [-0.25, -0.2) is 0 Å². The van der Waals surface area contributed by atoms with E-state index in [-0.39, 0.29) is 35.7 Å². The molecule has 0 radical (unpaired) electrons. The maximum atomic E-state index is 12.5. The normalized spacial score (nSPS) is 25.1. The van der Waals surface area contributed by atoms with E-state index in [0.717, 1.165) is 37.9 Å². The van der Waals surface area contributed by atoms with Crippen LogP contribution in [-0.2, 0) is 10.2 Å². The average Bonchev–Trinajstić information content (AvgIpc) is 3.22. The molecule has 134 valence electrons. The molecule has 2 unspecified atom stereocenters. The van der Waals surface area contributed by atoms with Gasteiger partial charge >= 0.3 is 0 Å². The van der Waals surface area contributed by atoms with Gasteiger partial charge in [0.25, 0.3) is 0 Å². The number of carbonyl (C=O) groups excluding carboxylic acids is 1. The van der Waals surface area contributed by atoms with Gasteiger partial charge in [-0.15, -0.1) is 12.4 Å². The molecule has 0 bridgehead atoms. The third-order valence-electron chi connectivity index (χ3n) is 5.68. The molecule has 2 aliphatic carbocycles. The smallest absolute Gasteiger partial charge is 0.223 e. The number of para-hydroxylation sites is 1. The van der Waals surface area contributed by atoms with Crippen LogP contribution in [0.1, 0.15) is 50.5 Å². The molecule has 2 aliphatic rings. The fourth-order valence-corrected chi connectivity index (χ4v) is 4.33. The lowest BCUT2D eigenvalue weighted by atomic mass is 9.78. The minimum atomic E-state index is 0. The summed E-state index contributed by atoms with van der Waals surface area (Å²) in [5, 5.41) is 3.23. The van der Waals surface area contributed by atoms with Crippen molar-refractivity contribution in [3.63, 3.8) is 0 Å². The van der Waals surface area contributed by atoms with Gasteiger partial charge < -0.3 is 15.8 Å². The first-order chi connectivity index (χ1) is 11.1. The van der Waals surface area contributed by atoms with Crippen LogP contribution in [0.25, 0.3) is 0 Å². The van der Waals surface area contributed by atoms with Crippen molar-refractivity contribution in [3.8, 4) is 5.75 Å². The molecule has 0 saturated heterocycles. The third-order valence-corrected chi connectivity index (χ3v) is 5.68. The Labute approximate surface area is 150 Å². The summed E-state index contributed by atoms with van der Waals surface area (Å²) >= 11 is 0. The summed E-state index contributed by atoms with van der Waals surface area (Å²) in [5.41, 5.74) is 7.20. The predicted molar refractivity (Wildman–Crippen MR) is 98.7 cm³/mol. The number of nitrogens with one attached hydrogen (secondary N) is 1. The Balaban J connectivity index is 0.00000208. The molecule has 2 fully saturated rings. The highest BCUT2D eigenvalue weighted by Gasteiger charge is 2.38. The summed E-state index contributed by atoms with van der Waals surface area (Å²) in [5.74, 6) is 1.21. The Hall–Kier alpha value is -1.26. The molecule has 0 spiro atoms. The van der Waals surface area contributed by atoms with Gasteiger partial charge in [-0.2, -0.15) is 0 Å². The summed E-state index contributed by atoms with van der Waals surface area (Å²) in [6.07, 6.45) is 7.36. The van der Waals surface area contributed by atoms with Crippen LogP contribution in [0.2, 0.25) is 0 Å². The molecule has 2 saturated carbocycles. The molecule has 4 nitrogen and oxygen atoms in total. The highest BCUT2D eigenvalue weighted by atomic mass is 35.5. The van der Waals surface area contributed by atoms with Crippen LogP contribution in [0.15, 0.2) is 24.3 Å². The Morgan fingerprint density at radius 3 is 2.62 bits per heavy atom. The van der Waals surface area contributed by atoms with Crippen molar-refractivity contribution in [1.82, 2.24) is 5.32 Å². The van der Waals surface area contributed by atoms with Gasteiger partial charge in [-0.05, 0) is 38.2 Å². The maximum absolute atomic E-state index is 12.5. The number of carbonyl (C=O) groups is 1. The van der Waals surface area contributed by atoms with Gasteiger partial charge in [0.05, 0.1) is 7.11 Å². The molecule has 0 aromatic heterocycles. The minimum Gasteiger partial charge on any atom is -0.496 e. The lowest BCUT2D eigenvalue weighted by Crippen LogP contribution is -2.41. The van der Waals surface area contributed by atoms with E-state index < -0.39 is 0 Å². The number of hydrogen-bond donors (Lipinski definition) is 2. The number of amides is 1. The topological polar surface area (TPSA) is 64.3 Å². The number of benzene rings is 1. The van der Waals surface area contributed by atoms with Crippen molar-refractivity contribution in [2.75, 3.05) is 13.7 Å². The monoisotopic (exact) mass is 352 g/mol. The first-order valence-electron chi connectivity index (χ1n) is 8.81. The standard InChI is InChI=1S/C19H28N2O2.ClH/c1-23-17-7-3-2-6-16(17)19(10-4-5-11-19)13-21-18(22)14-8-9-15(20)12-14;/h2-3,6-7,14-15H,4-5,8-13,20H2,1H3,(H,21,22);1H. The summed E-state index contributed by atoms with van der Waals surface area (Å²) in [4.78, 5) is 12.5. The number of ether oxygens (including phenoxy) is 1. The molecular formula is C19H29ClN2O2. The zero-order valence-corrected chi connectivity index (χ0v) is 15.2. The molecule has 3 rings (SSSR count). The van der Waals surface area contributed by atoms with Crippen molar-refractivity contribution < 1.29 is 9.53 Å². The van der Waals surface area contributed by atoms with Crippen LogP contribution in [0.3, 0.4) is 0 Å². The van der Waals surface area contributed by atoms with Crippen molar-refractivity contribution in [2.45, 2.75) is 56.4 Å². The molecule has 5 heteroatoms.